The molecular weight excluding hydrogens is 549 g/mol. The van der Waals surface area contributed by atoms with Crippen LogP contribution in [0, 0.1) is 17.8 Å². The van der Waals surface area contributed by atoms with Crippen molar-refractivity contribution in [2.75, 3.05) is 19.8 Å². The van der Waals surface area contributed by atoms with Gasteiger partial charge in [0.25, 0.3) is 15.9 Å². The quantitative estimate of drug-likeness (QED) is 0.309. The Kier molecular flexibility index (Phi) is 10.7. The monoisotopic (exact) mass is 576 g/mol. The molecule has 0 bridgehead atoms. The Balaban J connectivity index is 2.32. The molecule has 0 saturated heterocycles. The van der Waals surface area contributed by atoms with Crippen LogP contribution in [0.2, 0.25) is 0 Å². The molecule has 0 aliphatic heterocycles. The smallest absolute Gasteiger partial charge is 0.411 e. The summed E-state index contributed by atoms with van der Waals surface area (Å²) in [6.45, 7) is 1.73. The number of rotatable bonds is 11. The average Bonchev–Trinajstić information content (AvgIpc) is 2.81. The lowest BCUT2D eigenvalue weighted by atomic mass is 10.1. The highest BCUT2D eigenvalue weighted by Crippen LogP contribution is 2.23. The van der Waals surface area contributed by atoms with E-state index in [0.29, 0.717) is 5.56 Å². The third kappa shape index (κ3) is 9.64. The van der Waals surface area contributed by atoms with E-state index in [1.807, 2.05) is 13.8 Å². The number of hydrogen-bond acceptors (Lipinski definition) is 7. The second kappa shape index (κ2) is 13.1. The molecule has 2 rings (SSSR count). The van der Waals surface area contributed by atoms with Gasteiger partial charge < -0.3 is 9.47 Å². The number of benzene rings is 2. The van der Waals surface area contributed by atoms with E-state index in [-0.39, 0.29) is 23.8 Å². The van der Waals surface area contributed by atoms with Gasteiger partial charge in [0.15, 0.2) is 0 Å². The summed E-state index contributed by atoms with van der Waals surface area (Å²) in [5.41, 5.74) is 0.128. The fraction of sp³-hybridized carbons (Fsp3) is 0.375. The number of nitrogens with one attached hydrogen (secondary N) is 1. The molecule has 0 spiro atoms. The van der Waals surface area contributed by atoms with Crippen LogP contribution in [0.25, 0.3) is 0 Å². The summed E-state index contributed by atoms with van der Waals surface area (Å²) in [6.07, 6.45) is -2.78. The lowest BCUT2D eigenvalue weighted by molar-refractivity contribution is -0.175. The van der Waals surface area contributed by atoms with Crippen LogP contribution >= 0.6 is 0 Å². The summed E-state index contributed by atoms with van der Waals surface area (Å²) >= 11 is 0. The zero-order chi connectivity index (χ0) is 28.6. The molecule has 1 unspecified atom stereocenters. The average molecular weight is 577 g/mol. The highest BCUT2D eigenvalue weighted by molar-refractivity contribution is 7.92. The summed E-state index contributed by atoms with van der Waals surface area (Å²) < 4.78 is 97.8. The lowest BCUT2D eigenvalue weighted by Gasteiger charge is -2.13. The molecule has 38 heavy (non-hydrogen) atoms. The predicted octanol–water partition coefficient (Wildman–Crippen LogP) is 3.20. The molecule has 14 heteroatoms. The lowest BCUT2D eigenvalue weighted by Crippen LogP contribution is -2.32. The molecule has 0 aliphatic rings. The Morgan fingerprint density at radius 3 is 2.34 bits per heavy atom. The second-order valence-electron chi connectivity index (χ2n) is 8.11. The van der Waals surface area contributed by atoms with Crippen LogP contribution in [0.4, 0.5) is 13.2 Å². The predicted molar refractivity (Wildman–Crippen MR) is 132 cm³/mol. The van der Waals surface area contributed by atoms with E-state index < -0.39 is 55.1 Å². The van der Waals surface area contributed by atoms with Gasteiger partial charge in [0.05, 0.1) is 12.2 Å². The number of halogens is 3. The normalized spacial score (nSPS) is 12.8. The van der Waals surface area contributed by atoms with Crippen LogP contribution in [0.1, 0.15) is 42.6 Å². The molecule has 208 valence electrons. The van der Waals surface area contributed by atoms with Crippen LogP contribution < -0.4 is 14.6 Å². The number of ether oxygens (including phenoxy) is 2. The first-order valence-electron chi connectivity index (χ1n) is 11.3. The van der Waals surface area contributed by atoms with Crippen molar-refractivity contribution in [1.82, 2.24) is 4.72 Å². The van der Waals surface area contributed by atoms with E-state index in [1.165, 1.54) is 30.3 Å². The maximum atomic E-state index is 12.8. The molecule has 0 heterocycles. The van der Waals surface area contributed by atoms with Crippen LogP contribution in [0.15, 0.2) is 52.3 Å². The highest BCUT2D eigenvalue weighted by Gasteiger charge is 2.28. The minimum atomic E-state index is -4.66. The standard InChI is InChI=1S/C24H27F3N2O7S2/c1-3-6-17(2)9-10-18-11-12-19(15-20(18)36-14-13-35-16-24(25,26)27)23(30)29-38(33,34)22-8-5-4-7-21(22)37(28,31)32/h4-5,7-8,11-12,15,17H,3,6,13-14,16H2,1-2H3,(H,29,30)(H2,28,31,32). The number of primary sulfonamides is 1. The molecule has 2 aromatic carbocycles. The summed E-state index contributed by atoms with van der Waals surface area (Å²) in [4.78, 5) is 11.4. The van der Waals surface area contributed by atoms with Crippen molar-refractivity contribution in [3.63, 3.8) is 0 Å². The number of amides is 1. The van der Waals surface area contributed by atoms with Crippen molar-refractivity contribution in [1.29, 1.82) is 0 Å². The Labute approximate surface area is 219 Å². The SMILES string of the molecule is CCCC(C)C#Cc1ccc(C(=O)NS(=O)(=O)c2ccccc2S(N)(=O)=O)cc1OCCOCC(F)(F)F. The Hall–Kier alpha value is -3.12. The summed E-state index contributed by atoms with van der Waals surface area (Å²) in [6, 6.07) is 8.33. The number of nitrogens with two attached hydrogens (primary N) is 1. The number of carbonyl (C=O) groups is 1. The van der Waals surface area contributed by atoms with Crippen molar-refractivity contribution in [3.8, 4) is 17.6 Å². The third-order valence-corrected chi connectivity index (χ3v) is 7.33. The van der Waals surface area contributed by atoms with Gasteiger partial charge in [0, 0.05) is 11.5 Å². The van der Waals surface area contributed by atoms with E-state index >= 15 is 0 Å². The minimum Gasteiger partial charge on any atom is -0.490 e. The van der Waals surface area contributed by atoms with E-state index in [9.17, 15) is 34.8 Å². The Morgan fingerprint density at radius 1 is 1.08 bits per heavy atom. The maximum Gasteiger partial charge on any atom is 0.411 e. The van der Waals surface area contributed by atoms with E-state index in [4.69, 9.17) is 9.88 Å². The van der Waals surface area contributed by atoms with Crippen LogP contribution in [0.3, 0.4) is 0 Å². The van der Waals surface area contributed by atoms with E-state index in [2.05, 4.69) is 16.6 Å². The van der Waals surface area contributed by atoms with Crippen LogP contribution in [0.5, 0.6) is 5.75 Å². The van der Waals surface area contributed by atoms with Gasteiger partial charge in [0.1, 0.15) is 28.8 Å². The zero-order valence-electron chi connectivity index (χ0n) is 20.5. The molecule has 0 aromatic heterocycles. The van der Waals surface area contributed by atoms with Crippen molar-refractivity contribution >= 4 is 26.0 Å². The van der Waals surface area contributed by atoms with Gasteiger partial charge in [-0.3, -0.25) is 4.79 Å². The first kappa shape index (κ1) is 31.1. The maximum absolute atomic E-state index is 12.8. The first-order valence-corrected chi connectivity index (χ1v) is 14.3. The summed E-state index contributed by atoms with van der Waals surface area (Å²) in [5.74, 6) is 4.85. The zero-order valence-corrected chi connectivity index (χ0v) is 22.2. The van der Waals surface area contributed by atoms with Crippen molar-refractivity contribution < 1.29 is 44.3 Å². The van der Waals surface area contributed by atoms with Gasteiger partial charge in [-0.05, 0) is 36.8 Å². The number of hydrogen-bond donors (Lipinski definition) is 2. The fourth-order valence-electron chi connectivity index (χ4n) is 3.13. The van der Waals surface area contributed by atoms with Crippen LogP contribution in [-0.4, -0.2) is 48.7 Å². The van der Waals surface area contributed by atoms with Gasteiger partial charge in [-0.15, -0.1) is 0 Å². The largest absolute Gasteiger partial charge is 0.490 e. The van der Waals surface area contributed by atoms with Gasteiger partial charge in [0.2, 0.25) is 10.0 Å². The molecule has 2 aromatic rings. The molecule has 1 amide bonds. The minimum absolute atomic E-state index is 0.0202. The van der Waals surface area contributed by atoms with Crippen molar-refractivity contribution in [2.24, 2.45) is 11.1 Å². The third-order valence-electron chi connectivity index (χ3n) is 4.84. The Morgan fingerprint density at radius 2 is 1.74 bits per heavy atom. The summed E-state index contributed by atoms with van der Waals surface area (Å²) in [7, 11) is -9.08. The Bertz CT molecular complexity index is 1410. The van der Waals surface area contributed by atoms with Crippen molar-refractivity contribution in [2.45, 2.75) is 42.7 Å². The molecule has 0 radical (unpaired) electrons. The van der Waals surface area contributed by atoms with Gasteiger partial charge >= 0.3 is 6.18 Å². The fourth-order valence-corrected chi connectivity index (χ4v) is 5.49. The van der Waals surface area contributed by atoms with E-state index in [0.717, 1.165) is 25.0 Å². The topological polar surface area (TPSA) is 142 Å². The number of carbonyl (C=O) groups excluding carboxylic acids is 1. The molecule has 9 nitrogen and oxygen atoms in total. The van der Waals surface area contributed by atoms with Gasteiger partial charge in [-0.25, -0.2) is 26.7 Å². The first-order chi connectivity index (χ1) is 17.6. The number of sulfonamides is 2. The molecule has 0 saturated carbocycles. The van der Waals surface area contributed by atoms with Gasteiger partial charge in [-0.1, -0.05) is 44.2 Å². The molecule has 0 fully saturated rings. The second-order valence-corrected chi connectivity index (χ2v) is 11.3. The van der Waals surface area contributed by atoms with Crippen LogP contribution in [-0.2, 0) is 24.8 Å². The highest BCUT2D eigenvalue weighted by atomic mass is 32.2. The van der Waals surface area contributed by atoms with E-state index in [1.54, 1.807) is 4.72 Å². The molecule has 1 atom stereocenters. The molecule has 3 N–H and O–H groups in total. The van der Waals surface area contributed by atoms with Crippen molar-refractivity contribution in [3.05, 3.63) is 53.6 Å². The summed E-state index contributed by atoms with van der Waals surface area (Å²) in [5, 5.41) is 5.09. The molecular formula is C24H27F3N2O7S2. The molecule has 0 aliphatic carbocycles. The van der Waals surface area contributed by atoms with Gasteiger partial charge in [-0.2, -0.15) is 13.2 Å². The number of alkyl halides is 3.